The van der Waals surface area contributed by atoms with Crippen LogP contribution in [0.4, 0.5) is 5.82 Å². The second kappa shape index (κ2) is 6.18. The Morgan fingerprint density at radius 2 is 2.04 bits per heavy atom. The lowest BCUT2D eigenvalue weighted by molar-refractivity contribution is 0.477. The maximum Gasteiger partial charge on any atom is 0.153 e. The Morgan fingerprint density at radius 1 is 1.17 bits per heavy atom. The van der Waals surface area contributed by atoms with E-state index in [2.05, 4.69) is 15.0 Å². The number of aryl methyl sites for hydroxylation is 1. The number of pyridine rings is 2. The lowest BCUT2D eigenvalue weighted by Crippen LogP contribution is -1.95. The number of rotatable bonds is 4. The van der Waals surface area contributed by atoms with Gasteiger partial charge in [-0.05, 0) is 30.5 Å². The summed E-state index contributed by atoms with van der Waals surface area (Å²) in [6.45, 7) is 0. The van der Waals surface area contributed by atoms with Crippen LogP contribution in [-0.2, 0) is 7.05 Å². The highest BCUT2D eigenvalue weighted by molar-refractivity contribution is 5.64. The van der Waals surface area contributed by atoms with Crippen LogP contribution in [0.1, 0.15) is 5.69 Å². The SMILES string of the molecule is Cn1cnc(-c2cnc(C=CN)c(Oc3ccc(N)nc3)c2)c1. The fourth-order valence-electron chi connectivity index (χ4n) is 2.03. The zero-order valence-electron chi connectivity index (χ0n) is 12.5. The molecule has 0 saturated carbocycles. The van der Waals surface area contributed by atoms with Gasteiger partial charge in [0.2, 0.25) is 0 Å². The van der Waals surface area contributed by atoms with Gasteiger partial charge in [-0.1, -0.05) is 0 Å². The van der Waals surface area contributed by atoms with Gasteiger partial charge in [0.1, 0.15) is 17.3 Å². The van der Waals surface area contributed by atoms with Crippen molar-refractivity contribution >= 4 is 11.9 Å². The number of nitrogens with zero attached hydrogens (tertiary/aromatic N) is 4. The second-order valence-corrected chi connectivity index (χ2v) is 4.91. The van der Waals surface area contributed by atoms with Crippen molar-refractivity contribution in [3.8, 4) is 22.8 Å². The quantitative estimate of drug-likeness (QED) is 0.765. The van der Waals surface area contributed by atoms with Crippen molar-refractivity contribution in [2.24, 2.45) is 12.8 Å². The van der Waals surface area contributed by atoms with Gasteiger partial charge in [-0.2, -0.15) is 0 Å². The largest absolute Gasteiger partial charge is 0.453 e. The van der Waals surface area contributed by atoms with Crippen LogP contribution in [0.2, 0.25) is 0 Å². The lowest BCUT2D eigenvalue weighted by Gasteiger charge is -2.09. The Labute approximate surface area is 133 Å². The van der Waals surface area contributed by atoms with Crippen LogP contribution in [0.25, 0.3) is 17.3 Å². The number of hydrogen-bond acceptors (Lipinski definition) is 6. The molecule has 0 bridgehead atoms. The highest BCUT2D eigenvalue weighted by Gasteiger charge is 2.09. The van der Waals surface area contributed by atoms with Crippen molar-refractivity contribution in [1.29, 1.82) is 0 Å². The summed E-state index contributed by atoms with van der Waals surface area (Å²) < 4.78 is 7.73. The molecule has 3 aromatic rings. The number of nitrogen functional groups attached to an aromatic ring is 1. The van der Waals surface area contributed by atoms with Gasteiger partial charge in [-0.3, -0.25) is 4.98 Å². The molecular weight excluding hydrogens is 292 g/mol. The van der Waals surface area contributed by atoms with E-state index < -0.39 is 0 Å². The summed E-state index contributed by atoms with van der Waals surface area (Å²) in [6, 6.07) is 5.27. The minimum Gasteiger partial charge on any atom is -0.453 e. The highest BCUT2D eigenvalue weighted by atomic mass is 16.5. The van der Waals surface area contributed by atoms with Gasteiger partial charge in [-0.15, -0.1) is 0 Å². The van der Waals surface area contributed by atoms with Gasteiger partial charge in [0.15, 0.2) is 5.75 Å². The molecule has 0 unspecified atom stereocenters. The van der Waals surface area contributed by atoms with E-state index in [1.54, 1.807) is 36.9 Å². The van der Waals surface area contributed by atoms with Gasteiger partial charge in [-0.25, -0.2) is 9.97 Å². The van der Waals surface area contributed by atoms with Crippen molar-refractivity contribution in [3.63, 3.8) is 0 Å². The predicted octanol–water partition coefficient (Wildman–Crippen LogP) is 2.18. The van der Waals surface area contributed by atoms with Crippen molar-refractivity contribution in [2.75, 3.05) is 5.73 Å². The van der Waals surface area contributed by atoms with E-state index in [9.17, 15) is 0 Å². The summed E-state index contributed by atoms with van der Waals surface area (Å²) in [4.78, 5) is 12.7. The standard InChI is InChI=1S/C16H16N6O/c1-22-9-14(21-10-22)11-6-15(13(4-5-17)19-7-11)23-12-2-3-16(18)20-8-12/h2-10H,17H2,1H3,(H2,18,20). The molecule has 116 valence electrons. The van der Waals surface area contributed by atoms with E-state index in [1.807, 2.05) is 23.9 Å². The monoisotopic (exact) mass is 308 g/mol. The van der Waals surface area contributed by atoms with E-state index in [0.717, 1.165) is 11.3 Å². The maximum atomic E-state index is 5.86. The van der Waals surface area contributed by atoms with Gasteiger partial charge in [0.25, 0.3) is 0 Å². The Hall–Kier alpha value is -3.35. The molecule has 0 aliphatic carbocycles. The third-order valence-corrected chi connectivity index (χ3v) is 3.12. The van der Waals surface area contributed by atoms with Crippen molar-refractivity contribution < 1.29 is 4.74 Å². The normalized spacial score (nSPS) is 11.0. The summed E-state index contributed by atoms with van der Waals surface area (Å²) in [6.07, 6.45) is 10.0. The number of nitrogens with two attached hydrogens (primary N) is 2. The third-order valence-electron chi connectivity index (χ3n) is 3.12. The topological polar surface area (TPSA) is 105 Å². The Bertz CT molecular complexity index is 838. The summed E-state index contributed by atoms with van der Waals surface area (Å²) >= 11 is 0. The first-order chi connectivity index (χ1) is 11.2. The van der Waals surface area contributed by atoms with Gasteiger partial charge < -0.3 is 20.8 Å². The molecule has 3 aromatic heterocycles. The maximum absolute atomic E-state index is 5.86. The van der Waals surface area contributed by atoms with Crippen LogP contribution in [0.15, 0.2) is 49.3 Å². The summed E-state index contributed by atoms with van der Waals surface area (Å²) in [5.74, 6) is 1.55. The summed E-state index contributed by atoms with van der Waals surface area (Å²) in [7, 11) is 1.91. The third kappa shape index (κ3) is 3.29. The molecule has 4 N–H and O–H groups in total. The first kappa shape index (κ1) is 14.6. The van der Waals surface area contributed by atoms with Gasteiger partial charge in [0.05, 0.1) is 18.2 Å². The highest BCUT2D eigenvalue weighted by Crippen LogP contribution is 2.29. The van der Waals surface area contributed by atoms with Crippen molar-refractivity contribution in [3.05, 3.63) is 55.0 Å². The molecule has 0 saturated heterocycles. The first-order valence-corrected chi connectivity index (χ1v) is 6.92. The molecule has 0 aliphatic heterocycles. The molecule has 0 spiro atoms. The number of anilines is 1. The number of imidazole rings is 1. The molecule has 3 rings (SSSR count). The Balaban J connectivity index is 1.99. The van der Waals surface area contributed by atoms with E-state index in [1.165, 1.54) is 6.20 Å². The van der Waals surface area contributed by atoms with E-state index in [4.69, 9.17) is 16.2 Å². The first-order valence-electron chi connectivity index (χ1n) is 6.92. The van der Waals surface area contributed by atoms with Crippen LogP contribution in [0.5, 0.6) is 11.5 Å². The number of hydrogen-bond donors (Lipinski definition) is 2. The Morgan fingerprint density at radius 3 is 2.70 bits per heavy atom. The minimum atomic E-state index is 0.430. The molecule has 0 aromatic carbocycles. The molecular formula is C16H16N6O. The summed E-state index contributed by atoms with van der Waals surface area (Å²) in [5.41, 5.74) is 13.3. The predicted molar refractivity (Wildman–Crippen MR) is 88.4 cm³/mol. The zero-order chi connectivity index (χ0) is 16.2. The number of ether oxygens (including phenoxy) is 1. The van der Waals surface area contributed by atoms with Crippen LogP contribution in [0, 0.1) is 0 Å². The van der Waals surface area contributed by atoms with Crippen molar-refractivity contribution in [2.45, 2.75) is 0 Å². The van der Waals surface area contributed by atoms with E-state index in [-0.39, 0.29) is 0 Å². The van der Waals surface area contributed by atoms with E-state index in [0.29, 0.717) is 23.0 Å². The van der Waals surface area contributed by atoms with E-state index >= 15 is 0 Å². The van der Waals surface area contributed by atoms with Crippen LogP contribution < -0.4 is 16.2 Å². The smallest absolute Gasteiger partial charge is 0.153 e. The van der Waals surface area contributed by atoms with Gasteiger partial charge >= 0.3 is 0 Å². The molecule has 0 radical (unpaired) electrons. The van der Waals surface area contributed by atoms with Crippen LogP contribution in [0.3, 0.4) is 0 Å². The van der Waals surface area contributed by atoms with Crippen molar-refractivity contribution in [1.82, 2.24) is 19.5 Å². The molecule has 7 heteroatoms. The average molecular weight is 308 g/mol. The lowest BCUT2D eigenvalue weighted by atomic mass is 10.2. The molecule has 0 fully saturated rings. The fraction of sp³-hybridized carbons (Fsp3) is 0.0625. The van der Waals surface area contributed by atoms with Crippen LogP contribution in [-0.4, -0.2) is 19.5 Å². The molecule has 0 aliphatic rings. The molecule has 23 heavy (non-hydrogen) atoms. The minimum absolute atomic E-state index is 0.430. The Kier molecular flexibility index (Phi) is 3.92. The number of aromatic nitrogens is 4. The average Bonchev–Trinajstić information content (AvgIpc) is 2.98. The summed E-state index contributed by atoms with van der Waals surface area (Å²) in [5, 5.41) is 0. The van der Waals surface area contributed by atoms with Crippen LogP contribution >= 0.6 is 0 Å². The molecule has 3 heterocycles. The molecule has 0 atom stereocenters. The zero-order valence-corrected chi connectivity index (χ0v) is 12.5. The molecule has 7 nitrogen and oxygen atoms in total. The van der Waals surface area contributed by atoms with Gasteiger partial charge in [0, 0.05) is 25.0 Å². The fourth-order valence-corrected chi connectivity index (χ4v) is 2.03. The molecule has 0 amide bonds. The second-order valence-electron chi connectivity index (χ2n) is 4.91.